The smallest absolute Gasteiger partial charge is 0.191 e. The first-order chi connectivity index (χ1) is 14.8. The number of piperidine rings is 1. The van der Waals surface area contributed by atoms with Gasteiger partial charge in [-0.1, -0.05) is 25.1 Å². The maximum absolute atomic E-state index is 5.73. The molecule has 0 amide bonds. The fraction of sp³-hybridized carbons (Fsp3) is 0.500. The van der Waals surface area contributed by atoms with Crippen molar-refractivity contribution >= 4 is 5.96 Å². The molecule has 0 spiro atoms. The maximum atomic E-state index is 5.73. The van der Waals surface area contributed by atoms with Crippen LogP contribution in [-0.2, 0) is 13.0 Å². The summed E-state index contributed by atoms with van der Waals surface area (Å²) in [6, 6.07) is 14.9. The molecule has 1 aromatic carbocycles. The van der Waals surface area contributed by atoms with E-state index in [2.05, 4.69) is 62.8 Å². The van der Waals surface area contributed by atoms with Crippen LogP contribution < -0.4 is 15.4 Å². The van der Waals surface area contributed by atoms with E-state index in [9.17, 15) is 0 Å². The van der Waals surface area contributed by atoms with Crippen LogP contribution in [0, 0.1) is 0 Å². The summed E-state index contributed by atoms with van der Waals surface area (Å²) in [5, 5.41) is 7.04. The standard InChI is InChI=1S/C24H35N5O/c1-3-17-30-23-9-6-7-20(18-23)10-14-27-24(25-2)28-21-11-15-29(16-12-21)19-22-8-4-5-13-26-22/h4-9,13,18,21H,3,10-12,14-17,19H2,1-2H3,(H2,25,27,28). The predicted octanol–water partition coefficient (Wildman–Crippen LogP) is 3.24. The van der Waals surface area contributed by atoms with Gasteiger partial charge in [-0.05, 0) is 55.5 Å². The van der Waals surface area contributed by atoms with Crippen LogP contribution in [0.25, 0.3) is 0 Å². The van der Waals surface area contributed by atoms with Crippen molar-refractivity contribution in [2.45, 2.75) is 45.2 Å². The van der Waals surface area contributed by atoms with Gasteiger partial charge in [0.25, 0.3) is 0 Å². The summed E-state index contributed by atoms with van der Waals surface area (Å²) in [4.78, 5) is 11.3. The molecule has 1 aromatic heterocycles. The molecule has 0 bridgehead atoms. The van der Waals surface area contributed by atoms with Gasteiger partial charge in [0.05, 0.1) is 12.3 Å². The van der Waals surface area contributed by atoms with Crippen LogP contribution in [0.2, 0.25) is 0 Å². The van der Waals surface area contributed by atoms with Crippen LogP contribution in [-0.4, -0.2) is 55.2 Å². The van der Waals surface area contributed by atoms with E-state index in [1.54, 1.807) is 0 Å². The summed E-state index contributed by atoms with van der Waals surface area (Å²) in [5.41, 5.74) is 2.42. The summed E-state index contributed by atoms with van der Waals surface area (Å²) in [7, 11) is 1.84. The number of benzene rings is 1. The lowest BCUT2D eigenvalue weighted by molar-refractivity contribution is 0.196. The highest BCUT2D eigenvalue weighted by Crippen LogP contribution is 2.14. The lowest BCUT2D eigenvalue weighted by atomic mass is 10.0. The second-order valence-electron chi connectivity index (χ2n) is 7.76. The Morgan fingerprint density at radius 3 is 2.80 bits per heavy atom. The van der Waals surface area contributed by atoms with Crippen molar-refractivity contribution in [1.82, 2.24) is 20.5 Å². The van der Waals surface area contributed by atoms with Crippen LogP contribution in [0.4, 0.5) is 0 Å². The number of hydrogen-bond acceptors (Lipinski definition) is 4. The molecule has 6 nitrogen and oxygen atoms in total. The number of aliphatic imine (C=N–C) groups is 1. The Hall–Kier alpha value is -2.60. The monoisotopic (exact) mass is 409 g/mol. The highest BCUT2D eigenvalue weighted by atomic mass is 16.5. The lowest BCUT2D eigenvalue weighted by Gasteiger charge is -2.32. The van der Waals surface area contributed by atoms with Gasteiger partial charge >= 0.3 is 0 Å². The molecular weight excluding hydrogens is 374 g/mol. The molecule has 1 fully saturated rings. The molecule has 3 rings (SSSR count). The van der Waals surface area contributed by atoms with Crippen molar-refractivity contribution in [1.29, 1.82) is 0 Å². The number of aromatic nitrogens is 1. The van der Waals surface area contributed by atoms with Crippen molar-refractivity contribution in [3.05, 3.63) is 59.9 Å². The molecule has 2 heterocycles. The van der Waals surface area contributed by atoms with Gasteiger partial charge in [-0.2, -0.15) is 0 Å². The zero-order valence-corrected chi connectivity index (χ0v) is 18.3. The normalized spacial score (nSPS) is 15.7. The van der Waals surface area contributed by atoms with E-state index in [-0.39, 0.29) is 0 Å². The lowest BCUT2D eigenvalue weighted by Crippen LogP contribution is -2.48. The second kappa shape index (κ2) is 12.2. The maximum Gasteiger partial charge on any atom is 0.191 e. The van der Waals surface area contributed by atoms with Crippen LogP contribution in [0.1, 0.15) is 37.4 Å². The first kappa shape index (κ1) is 22.1. The minimum atomic E-state index is 0.460. The third-order valence-corrected chi connectivity index (χ3v) is 5.34. The van der Waals surface area contributed by atoms with Crippen LogP contribution in [0.3, 0.4) is 0 Å². The molecular formula is C24H35N5O. The minimum absolute atomic E-state index is 0.460. The number of pyridine rings is 1. The largest absolute Gasteiger partial charge is 0.494 e. The van der Waals surface area contributed by atoms with E-state index >= 15 is 0 Å². The first-order valence-electron chi connectivity index (χ1n) is 11.1. The van der Waals surface area contributed by atoms with Gasteiger partial charge in [-0.3, -0.25) is 14.9 Å². The molecule has 0 aliphatic carbocycles. The van der Waals surface area contributed by atoms with Crippen LogP contribution in [0.15, 0.2) is 53.7 Å². The fourth-order valence-corrected chi connectivity index (χ4v) is 3.68. The molecule has 30 heavy (non-hydrogen) atoms. The minimum Gasteiger partial charge on any atom is -0.494 e. The van der Waals surface area contributed by atoms with Gasteiger partial charge < -0.3 is 15.4 Å². The Kier molecular flexibility index (Phi) is 8.97. The number of rotatable bonds is 9. The molecule has 2 N–H and O–H groups in total. The van der Waals surface area contributed by atoms with Gasteiger partial charge in [-0.15, -0.1) is 0 Å². The molecule has 162 valence electrons. The number of nitrogens with zero attached hydrogens (tertiary/aromatic N) is 3. The van der Waals surface area contributed by atoms with Gasteiger partial charge in [-0.25, -0.2) is 0 Å². The van der Waals surface area contributed by atoms with E-state index in [1.165, 1.54) is 5.56 Å². The van der Waals surface area contributed by atoms with Gasteiger partial charge in [0.1, 0.15) is 5.75 Å². The molecule has 0 radical (unpaired) electrons. The predicted molar refractivity (Wildman–Crippen MR) is 123 cm³/mol. The van der Waals surface area contributed by atoms with E-state index in [1.807, 2.05) is 25.4 Å². The highest BCUT2D eigenvalue weighted by molar-refractivity contribution is 5.79. The molecule has 1 aliphatic rings. The van der Waals surface area contributed by atoms with Crippen molar-refractivity contribution in [2.24, 2.45) is 4.99 Å². The topological polar surface area (TPSA) is 61.8 Å². The zero-order chi connectivity index (χ0) is 21.0. The zero-order valence-electron chi connectivity index (χ0n) is 18.3. The molecule has 6 heteroatoms. The fourth-order valence-electron chi connectivity index (χ4n) is 3.68. The molecule has 0 atom stereocenters. The summed E-state index contributed by atoms with van der Waals surface area (Å²) in [6.45, 7) is 6.82. The van der Waals surface area contributed by atoms with Gasteiger partial charge in [0, 0.05) is 45.5 Å². The average Bonchev–Trinajstić information content (AvgIpc) is 2.79. The summed E-state index contributed by atoms with van der Waals surface area (Å²) in [5.74, 6) is 1.84. The van der Waals surface area contributed by atoms with Crippen molar-refractivity contribution in [3.63, 3.8) is 0 Å². The SMILES string of the molecule is CCCOc1cccc(CCNC(=NC)NC2CCN(Cc3ccccn3)CC2)c1. The number of nitrogens with one attached hydrogen (secondary N) is 2. The van der Waals surface area contributed by atoms with Crippen molar-refractivity contribution in [3.8, 4) is 5.75 Å². The number of guanidine groups is 1. The third-order valence-electron chi connectivity index (χ3n) is 5.34. The van der Waals surface area contributed by atoms with Crippen molar-refractivity contribution in [2.75, 3.05) is 33.3 Å². The Morgan fingerprint density at radius 2 is 2.07 bits per heavy atom. The Balaban J connectivity index is 1.37. The highest BCUT2D eigenvalue weighted by Gasteiger charge is 2.20. The van der Waals surface area contributed by atoms with Crippen LogP contribution in [0.5, 0.6) is 5.75 Å². The Bertz CT molecular complexity index is 772. The van der Waals surface area contributed by atoms with E-state index in [0.717, 1.165) is 75.9 Å². The van der Waals surface area contributed by atoms with Gasteiger partial charge in [0.15, 0.2) is 5.96 Å². The first-order valence-corrected chi connectivity index (χ1v) is 11.1. The molecule has 0 saturated carbocycles. The number of likely N-dealkylation sites (tertiary alicyclic amines) is 1. The number of hydrogen-bond donors (Lipinski definition) is 2. The van der Waals surface area contributed by atoms with E-state index < -0.39 is 0 Å². The molecule has 0 unspecified atom stereocenters. The van der Waals surface area contributed by atoms with Gasteiger partial charge in [0.2, 0.25) is 0 Å². The van der Waals surface area contributed by atoms with E-state index in [4.69, 9.17) is 4.74 Å². The second-order valence-corrected chi connectivity index (χ2v) is 7.76. The van der Waals surface area contributed by atoms with E-state index in [0.29, 0.717) is 6.04 Å². The molecule has 1 saturated heterocycles. The molecule has 1 aliphatic heterocycles. The average molecular weight is 410 g/mol. The third kappa shape index (κ3) is 7.34. The Morgan fingerprint density at radius 1 is 1.20 bits per heavy atom. The summed E-state index contributed by atoms with van der Waals surface area (Å²) < 4.78 is 5.73. The van der Waals surface area contributed by atoms with Crippen LogP contribution >= 0.6 is 0 Å². The summed E-state index contributed by atoms with van der Waals surface area (Å²) >= 11 is 0. The molecule has 2 aromatic rings. The number of ether oxygens (including phenoxy) is 1. The summed E-state index contributed by atoms with van der Waals surface area (Å²) in [6.07, 6.45) is 6.06. The quantitative estimate of drug-likeness (QED) is 0.492. The van der Waals surface area contributed by atoms with Crippen molar-refractivity contribution < 1.29 is 4.74 Å². The Labute approximate surface area is 180 Å².